The average molecular weight is 210 g/mol. The van der Waals surface area contributed by atoms with Gasteiger partial charge >= 0.3 is 0 Å². The van der Waals surface area contributed by atoms with E-state index in [1.807, 2.05) is 0 Å². The number of rotatable bonds is 3. The van der Waals surface area contributed by atoms with Gasteiger partial charge in [-0.3, -0.25) is 0 Å². The fourth-order valence-corrected chi connectivity index (χ4v) is 4.34. The number of hydrogen-bond donors (Lipinski definition) is 1. The topological polar surface area (TPSA) is 20.2 Å². The highest BCUT2D eigenvalue weighted by molar-refractivity contribution is 5.11. The second-order valence-corrected chi connectivity index (χ2v) is 6.57. The molecule has 2 rings (SSSR count). The van der Waals surface area contributed by atoms with Gasteiger partial charge in [0.05, 0.1) is 6.10 Å². The van der Waals surface area contributed by atoms with Gasteiger partial charge in [-0.05, 0) is 48.3 Å². The molecule has 2 bridgehead atoms. The minimum absolute atomic E-state index is 0.0513. The number of aliphatic hydroxyl groups excluding tert-OH is 1. The third-order valence-corrected chi connectivity index (χ3v) is 5.91. The smallest absolute Gasteiger partial charge is 0.0573 e. The molecule has 0 radical (unpaired) electrons. The first-order valence-electron chi connectivity index (χ1n) is 6.61. The fourth-order valence-electron chi connectivity index (χ4n) is 4.34. The van der Waals surface area contributed by atoms with Crippen molar-refractivity contribution in [2.24, 2.45) is 22.7 Å². The Balaban J connectivity index is 2.18. The van der Waals surface area contributed by atoms with Crippen molar-refractivity contribution in [2.45, 2.75) is 65.9 Å². The number of aliphatic hydroxyl groups is 1. The average Bonchev–Trinajstić information content (AvgIpc) is 2.49. The van der Waals surface area contributed by atoms with Gasteiger partial charge in [0.25, 0.3) is 0 Å². The van der Waals surface area contributed by atoms with Crippen LogP contribution in [0.25, 0.3) is 0 Å². The molecular weight excluding hydrogens is 184 g/mol. The first kappa shape index (κ1) is 11.4. The molecule has 4 atom stereocenters. The second-order valence-electron chi connectivity index (χ2n) is 6.57. The molecule has 2 fully saturated rings. The zero-order valence-corrected chi connectivity index (χ0v) is 10.7. The van der Waals surface area contributed by atoms with Crippen LogP contribution in [-0.2, 0) is 0 Å². The van der Waals surface area contributed by atoms with Crippen molar-refractivity contribution in [1.29, 1.82) is 0 Å². The van der Waals surface area contributed by atoms with E-state index in [0.29, 0.717) is 16.7 Å². The number of hydrogen-bond acceptors (Lipinski definition) is 1. The van der Waals surface area contributed by atoms with Crippen LogP contribution in [0.2, 0.25) is 0 Å². The molecule has 0 aromatic carbocycles. The lowest BCUT2D eigenvalue weighted by Gasteiger charge is -2.41. The third-order valence-electron chi connectivity index (χ3n) is 5.91. The van der Waals surface area contributed by atoms with Crippen LogP contribution in [0.5, 0.6) is 0 Å². The molecule has 0 aliphatic heterocycles. The zero-order valence-electron chi connectivity index (χ0n) is 10.7. The van der Waals surface area contributed by atoms with Crippen LogP contribution in [0.4, 0.5) is 0 Å². The largest absolute Gasteiger partial charge is 0.393 e. The Morgan fingerprint density at radius 3 is 2.40 bits per heavy atom. The normalized spacial score (nSPS) is 44.6. The minimum Gasteiger partial charge on any atom is -0.393 e. The van der Waals surface area contributed by atoms with Gasteiger partial charge in [0, 0.05) is 0 Å². The monoisotopic (exact) mass is 210 g/mol. The lowest BCUT2D eigenvalue weighted by atomic mass is 9.65. The Labute approximate surface area is 94.3 Å². The van der Waals surface area contributed by atoms with E-state index in [0.717, 1.165) is 18.8 Å². The molecule has 1 nitrogen and oxygen atoms in total. The van der Waals surface area contributed by atoms with E-state index < -0.39 is 0 Å². The SMILES string of the molecule is CCCC(O)C1CC2CCC1(C)C2(C)C. The molecule has 88 valence electrons. The summed E-state index contributed by atoms with van der Waals surface area (Å²) in [6.45, 7) is 9.43. The minimum atomic E-state index is -0.0513. The van der Waals surface area contributed by atoms with Crippen molar-refractivity contribution < 1.29 is 5.11 Å². The predicted molar refractivity (Wildman–Crippen MR) is 63.6 cm³/mol. The van der Waals surface area contributed by atoms with E-state index in [1.165, 1.54) is 19.3 Å². The molecule has 0 aromatic heterocycles. The van der Waals surface area contributed by atoms with Gasteiger partial charge in [-0.25, -0.2) is 0 Å². The van der Waals surface area contributed by atoms with E-state index >= 15 is 0 Å². The maximum atomic E-state index is 10.3. The summed E-state index contributed by atoms with van der Waals surface area (Å²) < 4.78 is 0. The quantitative estimate of drug-likeness (QED) is 0.754. The maximum absolute atomic E-state index is 10.3. The molecule has 0 spiro atoms. The van der Waals surface area contributed by atoms with Gasteiger partial charge in [0.1, 0.15) is 0 Å². The fraction of sp³-hybridized carbons (Fsp3) is 1.00. The van der Waals surface area contributed by atoms with Crippen molar-refractivity contribution in [3.8, 4) is 0 Å². The molecule has 15 heavy (non-hydrogen) atoms. The summed E-state index contributed by atoms with van der Waals surface area (Å²) in [4.78, 5) is 0. The van der Waals surface area contributed by atoms with Gasteiger partial charge in [0.15, 0.2) is 0 Å². The number of fused-ring (bicyclic) bond motifs is 2. The van der Waals surface area contributed by atoms with Crippen molar-refractivity contribution in [2.75, 3.05) is 0 Å². The van der Waals surface area contributed by atoms with Crippen LogP contribution in [0.3, 0.4) is 0 Å². The van der Waals surface area contributed by atoms with Crippen molar-refractivity contribution in [3.05, 3.63) is 0 Å². The van der Waals surface area contributed by atoms with Crippen LogP contribution in [0, 0.1) is 22.7 Å². The van der Waals surface area contributed by atoms with Gasteiger partial charge in [-0.2, -0.15) is 0 Å². The molecular formula is C14H26O. The Morgan fingerprint density at radius 2 is 2.00 bits per heavy atom. The van der Waals surface area contributed by atoms with E-state index in [1.54, 1.807) is 0 Å². The summed E-state index contributed by atoms with van der Waals surface area (Å²) in [5.41, 5.74) is 0.846. The lowest BCUT2D eigenvalue weighted by Crippen LogP contribution is -2.38. The summed E-state index contributed by atoms with van der Waals surface area (Å²) in [5.74, 6) is 1.42. The molecule has 1 N–H and O–H groups in total. The van der Waals surface area contributed by atoms with Crippen LogP contribution < -0.4 is 0 Å². The summed E-state index contributed by atoms with van der Waals surface area (Å²) in [6, 6.07) is 0. The summed E-state index contributed by atoms with van der Waals surface area (Å²) >= 11 is 0. The molecule has 4 unspecified atom stereocenters. The molecule has 0 aromatic rings. The summed E-state index contributed by atoms with van der Waals surface area (Å²) in [7, 11) is 0. The van der Waals surface area contributed by atoms with Gasteiger partial charge in [-0.1, -0.05) is 34.1 Å². The predicted octanol–water partition coefficient (Wildman–Crippen LogP) is 3.61. The maximum Gasteiger partial charge on any atom is 0.0573 e. The van der Waals surface area contributed by atoms with Crippen LogP contribution in [0.1, 0.15) is 59.8 Å². The summed E-state index contributed by atoms with van der Waals surface area (Å²) in [5, 5.41) is 10.3. The van der Waals surface area contributed by atoms with Crippen LogP contribution in [0.15, 0.2) is 0 Å². The van der Waals surface area contributed by atoms with Crippen LogP contribution >= 0.6 is 0 Å². The Bertz CT molecular complexity index is 246. The van der Waals surface area contributed by atoms with Gasteiger partial charge in [0.2, 0.25) is 0 Å². The molecule has 2 saturated carbocycles. The molecule has 0 amide bonds. The first-order chi connectivity index (χ1) is 6.93. The first-order valence-corrected chi connectivity index (χ1v) is 6.61. The van der Waals surface area contributed by atoms with E-state index in [2.05, 4.69) is 27.7 Å². The molecule has 0 saturated heterocycles. The second kappa shape index (κ2) is 3.48. The highest BCUT2D eigenvalue weighted by Crippen LogP contribution is 2.68. The third kappa shape index (κ3) is 1.39. The van der Waals surface area contributed by atoms with Gasteiger partial charge < -0.3 is 5.11 Å². The molecule has 2 aliphatic carbocycles. The van der Waals surface area contributed by atoms with E-state index in [4.69, 9.17) is 0 Å². The lowest BCUT2D eigenvalue weighted by molar-refractivity contribution is 0.000765. The van der Waals surface area contributed by atoms with Crippen LogP contribution in [-0.4, -0.2) is 11.2 Å². The van der Waals surface area contributed by atoms with Crippen molar-refractivity contribution in [3.63, 3.8) is 0 Å². The Morgan fingerprint density at radius 1 is 1.33 bits per heavy atom. The van der Waals surface area contributed by atoms with E-state index in [9.17, 15) is 5.11 Å². The molecule has 1 heteroatoms. The van der Waals surface area contributed by atoms with E-state index in [-0.39, 0.29) is 6.10 Å². The molecule has 2 aliphatic rings. The van der Waals surface area contributed by atoms with Crippen molar-refractivity contribution in [1.82, 2.24) is 0 Å². The highest BCUT2D eigenvalue weighted by Gasteiger charge is 2.62. The van der Waals surface area contributed by atoms with Crippen molar-refractivity contribution >= 4 is 0 Å². The Kier molecular flexibility index (Phi) is 2.65. The highest BCUT2D eigenvalue weighted by atomic mass is 16.3. The molecule has 0 heterocycles. The van der Waals surface area contributed by atoms with Gasteiger partial charge in [-0.15, -0.1) is 0 Å². The zero-order chi connectivity index (χ0) is 11.3. The Hall–Kier alpha value is -0.0400. The standard InChI is InChI=1S/C14H26O/c1-5-6-12(15)11-9-10-7-8-14(11,4)13(10,2)3/h10-12,15H,5-9H2,1-4H3. The summed E-state index contributed by atoms with van der Waals surface area (Å²) in [6.07, 6.45) is 6.03.